The Kier molecular flexibility index (Phi) is 17.4. The predicted octanol–water partition coefficient (Wildman–Crippen LogP) is 4.09. The van der Waals surface area contributed by atoms with Crippen LogP contribution in [0.15, 0.2) is 35.9 Å². The van der Waals surface area contributed by atoms with E-state index in [1.807, 2.05) is 25.8 Å². The standard InChI is InChI=1S/C20H30F3N5O2.CH2F2.CH2O.2H2/c1-12(2)9-26-18-8-15(7-13(3)27-18)14(4)28-19(29)16(24)5-6-17(25)30-11-20(22,23)10-21;2-1-3;1-2;;/h5-8,12,14H,9-11,24-25H2,1-4H3,(H,26,27)(H,28,29);1H2;1H2;2*1H/b16-5-,17-6+;;;;. The van der Waals surface area contributed by atoms with E-state index in [1.54, 1.807) is 6.92 Å². The number of ether oxygens (including phenoxy) is 1. The van der Waals surface area contributed by atoms with E-state index in [-0.39, 0.29) is 14.6 Å². The zero-order chi connectivity index (χ0) is 27.6. The first-order chi connectivity index (χ1) is 16.3. The summed E-state index contributed by atoms with van der Waals surface area (Å²) in [5.41, 5.74) is 12.5. The second-order valence-electron chi connectivity index (χ2n) is 7.47. The van der Waals surface area contributed by atoms with Gasteiger partial charge >= 0.3 is 5.92 Å². The van der Waals surface area contributed by atoms with Crippen molar-refractivity contribution in [3.8, 4) is 0 Å². The van der Waals surface area contributed by atoms with Crippen LogP contribution in [-0.2, 0) is 14.3 Å². The lowest BCUT2D eigenvalue weighted by atomic mass is 10.1. The average molecular weight is 516 g/mol. The van der Waals surface area contributed by atoms with Gasteiger partial charge in [-0.2, -0.15) is 8.78 Å². The molecule has 8 nitrogen and oxygen atoms in total. The SMILES string of the molecule is C=O.Cc1cc(C(C)NC(=O)/C(N)=C/C=C(\N)OCC(F)(F)CF)cc(NCC(C)C)n1.FCF.[HH].[HH]. The molecule has 0 bridgehead atoms. The maximum Gasteiger partial charge on any atom is 0.309 e. The lowest BCUT2D eigenvalue weighted by Crippen LogP contribution is -2.31. The van der Waals surface area contributed by atoms with E-state index in [9.17, 15) is 26.7 Å². The van der Waals surface area contributed by atoms with Crippen molar-refractivity contribution in [2.45, 2.75) is 39.7 Å². The molecule has 1 aromatic rings. The molecule has 35 heavy (non-hydrogen) atoms. The number of anilines is 1. The molecule has 1 amide bonds. The molecule has 0 aromatic carbocycles. The average Bonchev–Trinajstić information content (AvgIpc) is 2.81. The van der Waals surface area contributed by atoms with Crippen LogP contribution in [-0.4, -0.2) is 50.4 Å². The van der Waals surface area contributed by atoms with Gasteiger partial charge < -0.3 is 31.6 Å². The third-order valence-electron chi connectivity index (χ3n) is 3.85. The summed E-state index contributed by atoms with van der Waals surface area (Å²) in [6.07, 6.45) is 2.18. The van der Waals surface area contributed by atoms with Gasteiger partial charge in [0.25, 0.3) is 5.91 Å². The van der Waals surface area contributed by atoms with E-state index in [0.717, 1.165) is 30.0 Å². The van der Waals surface area contributed by atoms with Crippen molar-refractivity contribution < 1.29 is 39.1 Å². The molecule has 1 atom stereocenters. The Balaban J connectivity index is -0.000000722. The number of amides is 1. The predicted molar refractivity (Wildman–Crippen MR) is 129 cm³/mol. The Hall–Kier alpha value is -3.38. The first-order valence-corrected chi connectivity index (χ1v) is 10.3. The van der Waals surface area contributed by atoms with Gasteiger partial charge in [0.1, 0.15) is 12.6 Å². The van der Waals surface area contributed by atoms with Crippen LogP contribution in [0.2, 0.25) is 0 Å². The van der Waals surface area contributed by atoms with Gasteiger partial charge in [0.2, 0.25) is 6.93 Å². The highest BCUT2D eigenvalue weighted by molar-refractivity contribution is 5.93. The number of halogens is 5. The first kappa shape index (κ1) is 33.8. The van der Waals surface area contributed by atoms with Gasteiger partial charge in [0.15, 0.2) is 19.2 Å². The summed E-state index contributed by atoms with van der Waals surface area (Å²) in [5, 5.41) is 5.98. The molecule has 0 radical (unpaired) electrons. The number of aromatic nitrogens is 1. The van der Waals surface area contributed by atoms with Gasteiger partial charge in [0.05, 0.1) is 11.7 Å². The molecule has 0 spiro atoms. The van der Waals surface area contributed by atoms with E-state index < -0.39 is 37.9 Å². The molecule has 0 saturated carbocycles. The lowest BCUT2D eigenvalue weighted by molar-refractivity contribution is -0.118. The van der Waals surface area contributed by atoms with E-state index >= 15 is 0 Å². The number of hydrogen-bond acceptors (Lipinski definition) is 7. The number of hydrogen-bond donors (Lipinski definition) is 4. The number of carbonyl (C=O) groups excluding carboxylic acids is 2. The number of rotatable bonds is 11. The summed E-state index contributed by atoms with van der Waals surface area (Å²) in [6.45, 7) is 5.75. The van der Waals surface area contributed by atoms with Crippen molar-refractivity contribution in [3.63, 3.8) is 0 Å². The van der Waals surface area contributed by atoms with Gasteiger partial charge in [-0.15, -0.1) is 0 Å². The number of aryl methyl sites for hydroxylation is 1. The van der Waals surface area contributed by atoms with Crippen molar-refractivity contribution in [2.75, 3.05) is 32.1 Å². The monoisotopic (exact) mass is 515 g/mol. The van der Waals surface area contributed by atoms with Crippen LogP contribution >= 0.6 is 0 Å². The largest absolute Gasteiger partial charge is 0.473 e. The fraction of sp³-hybridized carbons (Fsp3) is 0.500. The Morgan fingerprint density at radius 2 is 1.77 bits per heavy atom. The third-order valence-corrected chi connectivity index (χ3v) is 3.85. The molecule has 6 N–H and O–H groups in total. The summed E-state index contributed by atoms with van der Waals surface area (Å²) in [7, 11) is 0. The molecule has 0 saturated heterocycles. The molecular formula is C22H38F5N5O3. The summed E-state index contributed by atoms with van der Waals surface area (Å²) >= 11 is 0. The van der Waals surface area contributed by atoms with Crippen LogP contribution in [0.25, 0.3) is 0 Å². The highest BCUT2D eigenvalue weighted by Crippen LogP contribution is 2.18. The number of nitrogens with two attached hydrogens (primary N) is 2. The summed E-state index contributed by atoms with van der Waals surface area (Å²) < 4.78 is 61.4. The highest BCUT2D eigenvalue weighted by Gasteiger charge is 2.30. The minimum atomic E-state index is -3.63. The van der Waals surface area contributed by atoms with E-state index in [0.29, 0.717) is 11.7 Å². The van der Waals surface area contributed by atoms with Gasteiger partial charge in [-0.1, -0.05) is 13.8 Å². The molecule has 0 aliphatic heterocycles. The first-order valence-electron chi connectivity index (χ1n) is 10.3. The third kappa shape index (κ3) is 16.0. The van der Waals surface area contributed by atoms with Gasteiger partial charge in [-0.25, -0.2) is 18.2 Å². The lowest BCUT2D eigenvalue weighted by Gasteiger charge is -2.17. The molecule has 0 fully saturated rings. The summed E-state index contributed by atoms with van der Waals surface area (Å²) in [6, 6.07) is 3.32. The number of pyridine rings is 1. The molecule has 0 aliphatic rings. The number of allylic oxidation sites excluding steroid dienone is 2. The van der Waals surface area contributed by atoms with Crippen LogP contribution < -0.4 is 22.1 Å². The van der Waals surface area contributed by atoms with Crippen molar-refractivity contribution in [3.05, 3.63) is 47.1 Å². The molecular weight excluding hydrogens is 477 g/mol. The zero-order valence-corrected chi connectivity index (χ0v) is 20.2. The number of nitrogens with zero attached hydrogens (tertiary/aromatic N) is 1. The Labute approximate surface area is 205 Å². The van der Waals surface area contributed by atoms with Crippen LogP contribution in [0.5, 0.6) is 0 Å². The zero-order valence-electron chi connectivity index (χ0n) is 20.2. The quantitative estimate of drug-likeness (QED) is 0.151. The molecule has 0 aliphatic carbocycles. The molecule has 1 heterocycles. The topological polar surface area (TPSA) is 132 Å². The van der Waals surface area contributed by atoms with Crippen LogP contribution in [0.4, 0.5) is 27.8 Å². The molecule has 1 aromatic heterocycles. The van der Waals surface area contributed by atoms with Gasteiger partial charge in [0, 0.05) is 15.1 Å². The summed E-state index contributed by atoms with van der Waals surface area (Å²) in [5.74, 6) is -3.47. The van der Waals surface area contributed by atoms with Crippen LogP contribution in [0.3, 0.4) is 0 Å². The number of carbonyl (C=O) groups is 2. The maximum absolute atomic E-state index is 12.8. The van der Waals surface area contributed by atoms with E-state index in [1.165, 1.54) is 0 Å². The molecule has 1 rings (SSSR count). The smallest absolute Gasteiger partial charge is 0.309 e. The molecule has 13 heteroatoms. The Bertz CT molecular complexity index is 834. The fourth-order valence-corrected chi connectivity index (χ4v) is 2.23. The fourth-order valence-electron chi connectivity index (χ4n) is 2.23. The van der Waals surface area contributed by atoms with Gasteiger partial charge in [-0.3, -0.25) is 4.79 Å². The van der Waals surface area contributed by atoms with E-state index in [2.05, 4.69) is 34.2 Å². The van der Waals surface area contributed by atoms with Crippen molar-refractivity contribution in [1.82, 2.24) is 10.3 Å². The van der Waals surface area contributed by atoms with Crippen molar-refractivity contribution in [2.24, 2.45) is 17.4 Å². The molecule has 1 unspecified atom stereocenters. The second kappa shape index (κ2) is 18.0. The van der Waals surface area contributed by atoms with Crippen molar-refractivity contribution in [1.29, 1.82) is 0 Å². The van der Waals surface area contributed by atoms with Crippen LogP contribution in [0, 0.1) is 12.8 Å². The Morgan fingerprint density at radius 3 is 2.29 bits per heavy atom. The molecule has 204 valence electrons. The summed E-state index contributed by atoms with van der Waals surface area (Å²) in [4.78, 5) is 24.7. The van der Waals surface area contributed by atoms with Crippen molar-refractivity contribution >= 4 is 18.5 Å². The Morgan fingerprint density at radius 1 is 1.20 bits per heavy atom. The van der Waals surface area contributed by atoms with Gasteiger partial charge in [-0.05, 0) is 49.6 Å². The minimum Gasteiger partial charge on any atom is -0.473 e. The second-order valence-corrected chi connectivity index (χ2v) is 7.47. The number of alkyl halides is 5. The maximum atomic E-state index is 12.8. The minimum absolute atomic E-state index is 0. The highest BCUT2D eigenvalue weighted by atomic mass is 19.3. The van der Waals surface area contributed by atoms with Crippen LogP contribution in [0.1, 0.15) is 40.9 Å². The normalized spacial score (nSPS) is 12.5. The van der Waals surface area contributed by atoms with E-state index in [4.69, 9.17) is 16.3 Å². The number of nitrogens with one attached hydrogen (secondary N) is 2.